The standard InChI is InChI=1S/C13H16BrFN2O/c1-17-7-3-4-9(8-17)16-13(18)10-5-2-6-11(14)12(10)15/h2,5-6,9H,3-4,7-8H2,1H3,(H,16,18). The van der Waals surface area contributed by atoms with Crippen LogP contribution in [0.25, 0.3) is 0 Å². The highest BCUT2D eigenvalue weighted by Crippen LogP contribution is 2.19. The van der Waals surface area contributed by atoms with E-state index in [-0.39, 0.29) is 17.5 Å². The second kappa shape index (κ2) is 5.80. The third-order valence-corrected chi connectivity index (χ3v) is 3.77. The fourth-order valence-corrected chi connectivity index (χ4v) is 2.59. The second-order valence-corrected chi connectivity index (χ2v) is 5.53. The maximum Gasteiger partial charge on any atom is 0.254 e. The Labute approximate surface area is 114 Å². The molecule has 1 aromatic carbocycles. The summed E-state index contributed by atoms with van der Waals surface area (Å²) in [6.07, 6.45) is 2.01. The van der Waals surface area contributed by atoms with Crippen LogP contribution in [0.2, 0.25) is 0 Å². The van der Waals surface area contributed by atoms with Gasteiger partial charge in [0.1, 0.15) is 5.82 Å². The van der Waals surface area contributed by atoms with E-state index in [1.54, 1.807) is 12.1 Å². The van der Waals surface area contributed by atoms with E-state index in [0.29, 0.717) is 4.47 Å². The van der Waals surface area contributed by atoms with Crippen molar-refractivity contribution in [1.29, 1.82) is 0 Å². The zero-order valence-electron chi connectivity index (χ0n) is 10.2. The lowest BCUT2D eigenvalue weighted by molar-refractivity contribution is 0.0908. The van der Waals surface area contributed by atoms with Crippen molar-refractivity contribution in [3.8, 4) is 0 Å². The van der Waals surface area contributed by atoms with Gasteiger partial charge in [0.2, 0.25) is 0 Å². The van der Waals surface area contributed by atoms with Crippen LogP contribution in [0.3, 0.4) is 0 Å². The number of nitrogens with zero attached hydrogens (tertiary/aromatic N) is 1. The van der Waals surface area contributed by atoms with Crippen LogP contribution in [0.5, 0.6) is 0 Å². The predicted octanol–water partition coefficient (Wildman–Crippen LogP) is 2.41. The molecule has 1 aliphatic rings. The maximum atomic E-state index is 13.8. The normalized spacial score (nSPS) is 20.7. The van der Waals surface area contributed by atoms with Gasteiger partial charge in [-0.3, -0.25) is 4.79 Å². The quantitative estimate of drug-likeness (QED) is 0.909. The van der Waals surface area contributed by atoms with Crippen LogP contribution in [0.4, 0.5) is 4.39 Å². The Morgan fingerprint density at radius 3 is 3.06 bits per heavy atom. The van der Waals surface area contributed by atoms with Crippen molar-refractivity contribution >= 4 is 21.8 Å². The molecular weight excluding hydrogens is 299 g/mol. The van der Waals surface area contributed by atoms with Crippen LogP contribution in [-0.4, -0.2) is 37.0 Å². The summed E-state index contributed by atoms with van der Waals surface area (Å²) in [5.74, 6) is -0.840. The SMILES string of the molecule is CN1CCCC(NC(=O)c2cccc(Br)c2F)C1. The maximum absolute atomic E-state index is 13.8. The third kappa shape index (κ3) is 3.09. The molecule has 2 rings (SSSR count). The molecule has 1 heterocycles. The number of benzene rings is 1. The molecule has 1 atom stereocenters. The molecule has 1 amide bonds. The van der Waals surface area contributed by atoms with Gasteiger partial charge < -0.3 is 10.2 Å². The largest absolute Gasteiger partial charge is 0.348 e. The number of halogens is 2. The molecule has 5 heteroatoms. The molecule has 0 radical (unpaired) electrons. The molecule has 1 aliphatic heterocycles. The van der Waals surface area contributed by atoms with Gasteiger partial charge in [-0.15, -0.1) is 0 Å². The summed E-state index contributed by atoms with van der Waals surface area (Å²) in [6, 6.07) is 4.85. The number of carbonyl (C=O) groups excluding carboxylic acids is 1. The molecule has 0 spiro atoms. The Morgan fingerprint density at radius 1 is 1.56 bits per heavy atom. The Morgan fingerprint density at radius 2 is 2.33 bits per heavy atom. The second-order valence-electron chi connectivity index (χ2n) is 4.68. The van der Waals surface area contributed by atoms with Gasteiger partial charge >= 0.3 is 0 Å². The predicted molar refractivity (Wildman–Crippen MR) is 72.1 cm³/mol. The van der Waals surface area contributed by atoms with Crippen molar-refractivity contribution in [3.63, 3.8) is 0 Å². The monoisotopic (exact) mass is 314 g/mol. The molecular formula is C13H16BrFN2O. The number of carbonyl (C=O) groups is 1. The summed E-state index contributed by atoms with van der Waals surface area (Å²) >= 11 is 3.09. The average Bonchev–Trinajstić information content (AvgIpc) is 2.32. The highest BCUT2D eigenvalue weighted by molar-refractivity contribution is 9.10. The van der Waals surface area contributed by atoms with Gasteiger partial charge in [0.15, 0.2) is 0 Å². The third-order valence-electron chi connectivity index (χ3n) is 3.16. The fourth-order valence-electron chi connectivity index (χ4n) is 2.23. The molecule has 0 bridgehead atoms. The lowest BCUT2D eigenvalue weighted by Gasteiger charge is -2.30. The van der Waals surface area contributed by atoms with E-state index in [0.717, 1.165) is 25.9 Å². The first kappa shape index (κ1) is 13.5. The van der Waals surface area contributed by atoms with E-state index in [2.05, 4.69) is 26.1 Å². The number of rotatable bonds is 2. The summed E-state index contributed by atoms with van der Waals surface area (Å²) in [5.41, 5.74) is 0.0950. The Hall–Kier alpha value is -0.940. The van der Waals surface area contributed by atoms with Gasteiger partial charge in [0.25, 0.3) is 5.91 Å². The van der Waals surface area contributed by atoms with Gasteiger partial charge in [-0.05, 0) is 54.5 Å². The Balaban J connectivity index is 2.05. The molecule has 18 heavy (non-hydrogen) atoms. The van der Waals surface area contributed by atoms with Crippen molar-refractivity contribution in [3.05, 3.63) is 34.1 Å². The summed E-state index contributed by atoms with van der Waals surface area (Å²) in [6.45, 7) is 1.87. The number of nitrogens with one attached hydrogen (secondary N) is 1. The van der Waals surface area contributed by atoms with Crippen LogP contribution >= 0.6 is 15.9 Å². The molecule has 1 aromatic rings. The van der Waals surface area contributed by atoms with Crippen LogP contribution in [-0.2, 0) is 0 Å². The van der Waals surface area contributed by atoms with Gasteiger partial charge in [-0.1, -0.05) is 6.07 Å². The zero-order chi connectivity index (χ0) is 13.1. The minimum absolute atomic E-state index is 0.0950. The van der Waals surface area contributed by atoms with Crippen molar-refractivity contribution in [1.82, 2.24) is 10.2 Å². The molecule has 0 aromatic heterocycles. The highest BCUT2D eigenvalue weighted by Gasteiger charge is 2.21. The topological polar surface area (TPSA) is 32.3 Å². The van der Waals surface area contributed by atoms with Gasteiger partial charge in [-0.2, -0.15) is 0 Å². The van der Waals surface area contributed by atoms with E-state index < -0.39 is 5.82 Å². The minimum Gasteiger partial charge on any atom is -0.348 e. The first-order chi connectivity index (χ1) is 8.58. The van der Waals surface area contributed by atoms with Gasteiger partial charge in [0.05, 0.1) is 10.0 Å². The van der Waals surface area contributed by atoms with Gasteiger partial charge in [0, 0.05) is 12.6 Å². The first-order valence-corrected chi connectivity index (χ1v) is 6.80. The molecule has 1 saturated heterocycles. The molecule has 1 N–H and O–H groups in total. The van der Waals surface area contributed by atoms with Crippen molar-refractivity contribution in [2.45, 2.75) is 18.9 Å². The van der Waals surface area contributed by atoms with Crippen LogP contribution in [0.15, 0.2) is 22.7 Å². The fraction of sp³-hybridized carbons (Fsp3) is 0.462. The van der Waals surface area contributed by atoms with Crippen LogP contribution in [0, 0.1) is 5.82 Å². The van der Waals surface area contributed by atoms with Crippen molar-refractivity contribution in [2.24, 2.45) is 0 Å². The number of hydrogen-bond donors (Lipinski definition) is 1. The van der Waals surface area contributed by atoms with E-state index in [1.807, 2.05) is 7.05 Å². The first-order valence-electron chi connectivity index (χ1n) is 6.01. The van der Waals surface area contributed by atoms with E-state index in [9.17, 15) is 9.18 Å². The van der Waals surface area contributed by atoms with E-state index in [1.165, 1.54) is 6.07 Å². The lowest BCUT2D eigenvalue weighted by Crippen LogP contribution is -2.46. The smallest absolute Gasteiger partial charge is 0.254 e. The van der Waals surface area contributed by atoms with Crippen LogP contribution < -0.4 is 5.32 Å². The molecule has 0 aliphatic carbocycles. The minimum atomic E-state index is -0.501. The number of likely N-dealkylation sites (tertiary alicyclic amines) is 1. The number of piperidine rings is 1. The average molecular weight is 315 g/mol. The zero-order valence-corrected chi connectivity index (χ0v) is 11.8. The van der Waals surface area contributed by atoms with E-state index >= 15 is 0 Å². The van der Waals surface area contributed by atoms with Crippen molar-refractivity contribution in [2.75, 3.05) is 20.1 Å². The van der Waals surface area contributed by atoms with Crippen molar-refractivity contribution < 1.29 is 9.18 Å². The molecule has 1 unspecified atom stereocenters. The van der Waals surface area contributed by atoms with E-state index in [4.69, 9.17) is 0 Å². The summed E-state index contributed by atoms with van der Waals surface area (Å²) in [4.78, 5) is 14.2. The highest BCUT2D eigenvalue weighted by atomic mass is 79.9. The summed E-state index contributed by atoms with van der Waals surface area (Å²) in [5, 5.41) is 2.89. The lowest BCUT2D eigenvalue weighted by atomic mass is 10.1. The Kier molecular flexibility index (Phi) is 4.35. The summed E-state index contributed by atoms with van der Waals surface area (Å²) < 4.78 is 14.1. The molecule has 98 valence electrons. The molecule has 1 fully saturated rings. The molecule has 3 nitrogen and oxygen atoms in total. The Bertz CT molecular complexity index is 453. The number of likely N-dealkylation sites (N-methyl/N-ethyl adjacent to an activating group) is 1. The summed E-state index contributed by atoms with van der Waals surface area (Å²) in [7, 11) is 2.03. The number of amides is 1. The van der Waals surface area contributed by atoms with Gasteiger partial charge in [-0.25, -0.2) is 4.39 Å². The molecule has 0 saturated carbocycles. The van der Waals surface area contributed by atoms with Crippen LogP contribution in [0.1, 0.15) is 23.2 Å². The number of hydrogen-bond acceptors (Lipinski definition) is 2.